The number of hydrazine groups is 1. The predicted octanol–water partition coefficient (Wildman–Crippen LogP) is 2.08. The third-order valence-electron chi connectivity index (χ3n) is 4.48. The second-order valence-electron chi connectivity index (χ2n) is 5.75. The van der Waals surface area contributed by atoms with Crippen LogP contribution in [0, 0.1) is 0 Å². The molecular weight excluding hydrogens is 200 g/mol. The zero-order valence-corrected chi connectivity index (χ0v) is 10.2. The lowest BCUT2D eigenvalue weighted by Crippen LogP contribution is -2.55. The quantitative estimate of drug-likeness (QED) is 0.777. The molecule has 1 aliphatic carbocycles. The molecule has 3 fully saturated rings. The number of nitrogens with zero attached hydrogens (tertiary/aromatic N) is 1. The van der Waals surface area contributed by atoms with Crippen LogP contribution in [-0.4, -0.2) is 36.3 Å². The van der Waals surface area contributed by atoms with Crippen molar-refractivity contribution in [2.75, 3.05) is 19.7 Å². The zero-order valence-electron chi connectivity index (χ0n) is 10.2. The van der Waals surface area contributed by atoms with Crippen LogP contribution in [0.2, 0.25) is 0 Å². The summed E-state index contributed by atoms with van der Waals surface area (Å²) in [4.78, 5) is 0. The van der Waals surface area contributed by atoms with Crippen molar-refractivity contribution in [2.45, 2.75) is 63.0 Å². The van der Waals surface area contributed by atoms with Crippen LogP contribution in [0.25, 0.3) is 0 Å². The highest BCUT2D eigenvalue weighted by atomic mass is 16.5. The summed E-state index contributed by atoms with van der Waals surface area (Å²) in [6.45, 7) is 3.44. The summed E-state index contributed by atoms with van der Waals surface area (Å²) in [6, 6.07) is 0.673. The molecule has 2 heterocycles. The molecule has 1 unspecified atom stereocenters. The van der Waals surface area contributed by atoms with Gasteiger partial charge in [-0.05, 0) is 44.9 Å². The van der Waals surface area contributed by atoms with Gasteiger partial charge in [0, 0.05) is 25.7 Å². The van der Waals surface area contributed by atoms with Crippen molar-refractivity contribution in [1.29, 1.82) is 0 Å². The van der Waals surface area contributed by atoms with Gasteiger partial charge in [-0.3, -0.25) is 5.43 Å². The minimum Gasteiger partial charge on any atom is -0.375 e. The summed E-state index contributed by atoms with van der Waals surface area (Å²) in [6.07, 6.45) is 10.5. The monoisotopic (exact) mass is 224 g/mol. The molecule has 2 saturated heterocycles. The smallest absolute Gasteiger partial charge is 0.0698 e. The molecule has 1 saturated carbocycles. The van der Waals surface area contributed by atoms with Gasteiger partial charge in [-0.1, -0.05) is 6.42 Å². The Bertz CT molecular complexity index is 234. The molecule has 0 aromatic carbocycles. The normalized spacial score (nSPS) is 34.9. The number of ether oxygens (including phenoxy) is 1. The van der Waals surface area contributed by atoms with Crippen LogP contribution in [0.15, 0.2) is 0 Å². The van der Waals surface area contributed by atoms with Crippen LogP contribution >= 0.6 is 0 Å². The first-order chi connectivity index (χ1) is 7.86. The molecule has 1 N–H and O–H groups in total. The molecule has 16 heavy (non-hydrogen) atoms. The van der Waals surface area contributed by atoms with Crippen LogP contribution in [0.3, 0.4) is 0 Å². The molecule has 1 atom stereocenters. The van der Waals surface area contributed by atoms with E-state index in [-0.39, 0.29) is 5.60 Å². The highest BCUT2D eigenvalue weighted by Gasteiger charge is 2.42. The third kappa shape index (κ3) is 2.27. The molecule has 92 valence electrons. The molecule has 0 aromatic heterocycles. The Morgan fingerprint density at radius 2 is 1.88 bits per heavy atom. The van der Waals surface area contributed by atoms with Crippen molar-refractivity contribution in [1.82, 2.24) is 10.4 Å². The second-order valence-corrected chi connectivity index (χ2v) is 5.75. The summed E-state index contributed by atoms with van der Waals surface area (Å²) in [5.74, 6) is 0. The molecule has 0 aromatic rings. The maximum Gasteiger partial charge on any atom is 0.0698 e. The molecular formula is C13H24N2O. The Morgan fingerprint density at radius 1 is 1.06 bits per heavy atom. The molecule has 3 nitrogen and oxygen atoms in total. The van der Waals surface area contributed by atoms with Gasteiger partial charge in [-0.15, -0.1) is 0 Å². The first-order valence-corrected chi connectivity index (χ1v) is 7.01. The van der Waals surface area contributed by atoms with Gasteiger partial charge in [0.1, 0.15) is 0 Å². The maximum atomic E-state index is 5.96. The van der Waals surface area contributed by atoms with Gasteiger partial charge in [0.25, 0.3) is 0 Å². The van der Waals surface area contributed by atoms with Crippen LogP contribution in [0.5, 0.6) is 0 Å². The molecule has 0 bridgehead atoms. The third-order valence-corrected chi connectivity index (χ3v) is 4.48. The van der Waals surface area contributed by atoms with Crippen LogP contribution < -0.4 is 5.43 Å². The fraction of sp³-hybridized carbons (Fsp3) is 1.00. The highest BCUT2D eigenvalue weighted by Crippen LogP contribution is 2.42. The number of piperidine rings is 1. The summed E-state index contributed by atoms with van der Waals surface area (Å²) >= 11 is 0. The molecule has 0 radical (unpaired) electrons. The Morgan fingerprint density at radius 3 is 2.56 bits per heavy atom. The van der Waals surface area contributed by atoms with Crippen LogP contribution in [0.1, 0.15) is 51.4 Å². The van der Waals surface area contributed by atoms with Crippen LogP contribution in [0.4, 0.5) is 0 Å². The van der Waals surface area contributed by atoms with Crippen molar-refractivity contribution in [2.24, 2.45) is 0 Å². The topological polar surface area (TPSA) is 24.5 Å². The van der Waals surface area contributed by atoms with Gasteiger partial charge in [0.15, 0.2) is 0 Å². The SMILES string of the molecule is C1CCN(NC2CCOC3(CCC3)C2)CC1. The standard InChI is InChI=1S/C13H24N2O/c1-2-8-15(9-3-1)14-12-5-10-16-13(11-12)6-4-7-13/h12,14H,1-11H2. The lowest BCUT2D eigenvalue weighted by atomic mass is 9.74. The second kappa shape index (κ2) is 4.63. The Kier molecular flexibility index (Phi) is 3.18. The van der Waals surface area contributed by atoms with E-state index in [9.17, 15) is 0 Å². The van der Waals surface area contributed by atoms with Crippen molar-refractivity contribution in [3.63, 3.8) is 0 Å². The lowest BCUT2D eigenvalue weighted by Gasteiger charge is -2.48. The van der Waals surface area contributed by atoms with Gasteiger partial charge < -0.3 is 4.74 Å². The highest BCUT2D eigenvalue weighted by molar-refractivity contribution is 4.95. The van der Waals surface area contributed by atoms with Gasteiger partial charge in [-0.2, -0.15) is 0 Å². The van der Waals surface area contributed by atoms with E-state index >= 15 is 0 Å². The average molecular weight is 224 g/mol. The van der Waals surface area contributed by atoms with E-state index < -0.39 is 0 Å². The molecule has 0 amide bonds. The van der Waals surface area contributed by atoms with E-state index in [0.29, 0.717) is 6.04 Å². The summed E-state index contributed by atoms with van der Waals surface area (Å²) in [7, 11) is 0. The zero-order chi connectivity index (χ0) is 10.8. The van der Waals surface area contributed by atoms with Crippen molar-refractivity contribution in [3.05, 3.63) is 0 Å². The number of rotatable bonds is 2. The molecule has 3 aliphatic rings. The minimum atomic E-state index is 0.283. The first-order valence-electron chi connectivity index (χ1n) is 7.01. The molecule has 3 heteroatoms. The summed E-state index contributed by atoms with van der Waals surface area (Å²) in [5, 5.41) is 2.45. The minimum absolute atomic E-state index is 0.283. The van der Waals surface area contributed by atoms with E-state index in [1.807, 2.05) is 0 Å². The molecule has 2 aliphatic heterocycles. The van der Waals surface area contributed by atoms with Gasteiger partial charge in [0.2, 0.25) is 0 Å². The van der Waals surface area contributed by atoms with Gasteiger partial charge in [0.05, 0.1) is 5.60 Å². The van der Waals surface area contributed by atoms with E-state index in [1.54, 1.807) is 0 Å². The van der Waals surface area contributed by atoms with Crippen molar-refractivity contribution >= 4 is 0 Å². The fourth-order valence-corrected chi connectivity index (χ4v) is 3.34. The van der Waals surface area contributed by atoms with Crippen molar-refractivity contribution in [3.8, 4) is 0 Å². The van der Waals surface area contributed by atoms with E-state index in [4.69, 9.17) is 4.74 Å². The Balaban J connectivity index is 1.50. The predicted molar refractivity (Wildman–Crippen MR) is 64.1 cm³/mol. The number of hydrogen-bond acceptors (Lipinski definition) is 3. The van der Waals surface area contributed by atoms with E-state index in [0.717, 1.165) is 6.61 Å². The van der Waals surface area contributed by atoms with Gasteiger partial charge >= 0.3 is 0 Å². The van der Waals surface area contributed by atoms with E-state index in [2.05, 4.69) is 10.4 Å². The van der Waals surface area contributed by atoms with Crippen LogP contribution in [-0.2, 0) is 4.74 Å². The number of nitrogens with one attached hydrogen (secondary N) is 1. The molecule has 1 spiro atoms. The first kappa shape index (κ1) is 11.0. The Labute approximate surface area is 98.5 Å². The lowest BCUT2D eigenvalue weighted by molar-refractivity contribution is -0.141. The Hall–Kier alpha value is -0.120. The average Bonchev–Trinajstić information content (AvgIpc) is 2.29. The molecule has 3 rings (SSSR count). The maximum absolute atomic E-state index is 5.96. The summed E-state index contributed by atoms with van der Waals surface area (Å²) in [5.41, 5.74) is 4.02. The fourth-order valence-electron chi connectivity index (χ4n) is 3.34. The van der Waals surface area contributed by atoms with Crippen molar-refractivity contribution < 1.29 is 4.74 Å². The van der Waals surface area contributed by atoms with Gasteiger partial charge in [-0.25, -0.2) is 5.01 Å². The largest absolute Gasteiger partial charge is 0.375 e. The summed E-state index contributed by atoms with van der Waals surface area (Å²) < 4.78 is 5.96. The van der Waals surface area contributed by atoms with E-state index in [1.165, 1.54) is 64.5 Å². The number of hydrogen-bond donors (Lipinski definition) is 1.